The second-order valence-electron chi connectivity index (χ2n) is 5.02. The molecular weight excluding hydrogens is 236 g/mol. The van der Waals surface area contributed by atoms with Crippen LogP contribution in [-0.4, -0.2) is 11.1 Å². The first-order chi connectivity index (χ1) is 9.31. The van der Waals surface area contributed by atoms with Crippen LogP contribution in [-0.2, 0) is 6.42 Å². The van der Waals surface area contributed by atoms with Gasteiger partial charge in [0.25, 0.3) is 0 Å². The zero-order valence-corrected chi connectivity index (χ0v) is 10.8. The predicted octanol–water partition coefficient (Wildman–Crippen LogP) is 2.87. The molecule has 1 fully saturated rings. The van der Waals surface area contributed by atoms with E-state index >= 15 is 0 Å². The average molecular weight is 254 g/mol. The second kappa shape index (κ2) is 5.41. The lowest BCUT2D eigenvalue weighted by Gasteiger charge is -2.12. The highest BCUT2D eigenvalue weighted by Crippen LogP contribution is 2.27. The van der Waals surface area contributed by atoms with Crippen LogP contribution in [0.1, 0.15) is 30.1 Å². The van der Waals surface area contributed by atoms with Crippen molar-refractivity contribution in [3.8, 4) is 5.75 Å². The van der Waals surface area contributed by atoms with Crippen molar-refractivity contribution >= 4 is 0 Å². The Kier molecular flexibility index (Phi) is 3.47. The lowest BCUT2D eigenvalue weighted by Crippen LogP contribution is -2.14. The van der Waals surface area contributed by atoms with Gasteiger partial charge in [0.05, 0.1) is 6.10 Å². The van der Waals surface area contributed by atoms with Crippen LogP contribution < -0.4 is 10.5 Å². The third-order valence-corrected chi connectivity index (χ3v) is 3.29. The van der Waals surface area contributed by atoms with Crippen LogP contribution >= 0.6 is 0 Å². The van der Waals surface area contributed by atoms with E-state index in [0.717, 1.165) is 23.4 Å². The molecule has 0 saturated heterocycles. The lowest BCUT2D eigenvalue weighted by molar-refractivity contribution is 0.303. The van der Waals surface area contributed by atoms with Crippen LogP contribution in [0.25, 0.3) is 0 Å². The van der Waals surface area contributed by atoms with Crippen molar-refractivity contribution in [1.29, 1.82) is 0 Å². The molecule has 1 aliphatic rings. The molecule has 1 aromatic carbocycles. The molecule has 1 aromatic heterocycles. The van der Waals surface area contributed by atoms with Crippen molar-refractivity contribution in [3.63, 3.8) is 0 Å². The van der Waals surface area contributed by atoms with Gasteiger partial charge in [0.2, 0.25) is 0 Å². The minimum atomic E-state index is -0.0233. The molecule has 0 bridgehead atoms. The number of ether oxygens (including phenoxy) is 1. The Labute approximate surface area is 113 Å². The zero-order chi connectivity index (χ0) is 13.1. The molecule has 2 N–H and O–H groups in total. The summed E-state index contributed by atoms with van der Waals surface area (Å²) < 4.78 is 5.73. The Hall–Kier alpha value is -1.87. The number of hydrogen-bond donors (Lipinski definition) is 1. The second-order valence-corrected chi connectivity index (χ2v) is 5.02. The van der Waals surface area contributed by atoms with Gasteiger partial charge in [0.15, 0.2) is 0 Å². The molecule has 1 unspecified atom stereocenters. The van der Waals surface area contributed by atoms with Gasteiger partial charge < -0.3 is 10.5 Å². The van der Waals surface area contributed by atoms with Crippen molar-refractivity contribution in [1.82, 2.24) is 4.98 Å². The Morgan fingerprint density at radius 3 is 2.58 bits per heavy atom. The molecule has 1 atom stereocenters. The van der Waals surface area contributed by atoms with E-state index in [1.807, 2.05) is 42.5 Å². The third kappa shape index (κ3) is 3.32. The fourth-order valence-electron chi connectivity index (χ4n) is 2.03. The largest absolute Gasteiger partial charge is 0.490 e. The highest BCUT2D eigenvalue weighted by Gasteiger charge is 2.23. The molecule has 3 heteroatoms. The van der Waals surface area contributed by atoms with Crippen molar-refractivity contribution in [3.05, 3.63) is 59.9 Å². The molecule has 3 rings (SSSR count). The summed E-state index contributed by atoms with van der Waals surface area (Å²) in [5.74, 6) is 0.941. The molecular formula is C16H18N2O. The summed E-state index contributed by atoms with van der Waals surface area (Å²) in [6.45, 7) is 0. The lowest BCUT2D eigenvalue weighted by atomic mass is 10.0. The van der Waals surface area contributed by atoms with Crippen molar-refractivity contribution < 1.29 is 4.74 Å². The molecule has 3 nitrogen and oxygen atoms in total. The van der Waals surface area contributed by atoms with Gasteiger partial charge in [0, 0.05) is 24.4 Å². The summed E-state index contributed by atoms with van der Waals surface area (Å²) in [4.78, 5) is 4.30. The number of pyridine rings is 1. The summed E-state index contributed by atoms with van der Waals surface area (Å²) in [7, 11) is 0. The monoisotopic (exact) mass is 254 g/mol. The molecule has 1 saturated carbocycles. The highest BCUT2D eigenvalue weighted by molar-refractivity contribution is 5.30. The first-order valence-electron chi connectivity index (χ1n) is 6.73. The van der Waals surface area contributed by atoms with Crippen molar-refractivity contribution in [2.45, 2.75) is 31.4 Å². The molecule has 1 aliphatic carbocycles. The number of benzene rings is 1. The number of hydrogen-bond acceptors (Lipinski definition) is 3. The highest BCUT2D eigenvalue weighted by atomic mass is 16.5. The van der Waals surface area contributed by atoms with E-state index in [2.05, 4.69) is 4.98 Å². The molecule has 0 amide bonds. The van der Waals surface area contributed by atoms with Crippen LogP contribution in [0.3, 0.4) is 0 Å². The summed E-state index contributed by atoms with van der Waals surface area (Å²) in [6.07, 6.45) is 5.35. The van der Waals surface area contributed by atoms with E-state index in [4.69, 9.17) is 10.5 Å². The van der Waals surface area contributed by atoms with Crippen LogP contribution in [0.5, 0.6) is 5.75 Å². The Morgan fingerprint density at radius 1 is 1.16 bits per heavy atom. The topological polar surface area (TPSA) is 48.1 Å². The van der Waals surface area contributed by atoms with E-state index in [1.165, 1.54) is 12.8 Å². The zero-order valence-electron chi connectivity index (χ0n) is 10.8. The molecule has 2 aromatic rings. The fourth-order valence-corrected chi connectivity index (χ4v) is 2.03. The molecule has 19 heavy (non-hydrogen) atoms. The van der Waals surface area contributed by atoms with Crippen LogP contribution in [0.15, 0.2) is 48.7 Å². The predicted molar refractivity (Wildman–Crippen MR) is 75.0 cm³/mol. The van der Waals surface area contributed by atoms with E-state index in [0.29, 0.717) is 6.10 Å². The first kappa shape index (κ1) is 12.2. The maximum Gasteiger partial charge on any atom is 0.119 e. The Morgan fingerprint density at radius 2 is 1.95 bits per heavy atom. The number of nitrogens with zero attached hydrogens (tertiary/aromatic N) is 1. The average Bonchev–Trinajstić information content (AvgIpc) is 3.25. The van der Waals surface area contributed by atoms with Crippen LogP contribution in [0.4, 0.5) is 0 Å². The quantitative estimate of drug-likeness (QED) is 0.892. The van der Waals surface area contributed by atoms with Gasteiger partial charge in [0.1, 0.15) is 5.75 Å². The minimum absolute atomic E-state index is 0.0233. The summed E-state index contributed by atoms with van der Waals surface area (Å²) in [6, 6.07) is 14.0. The van der Waals surface area contributed by atoms with Gasteiger partial charge in [-0.25, -0.2) is 0 Å². The van der Waals surface area contributed by atoms with Gasteiger partial charge in [-0.05, 0) is 42.7 Å². The van der Waals surface area contributed by atoms with Crippen molar-refractivity contribution in [2.75, 3.05) is 0 Å². The SMILES string of the molecule is NC(Cc1ccccn1)c1ccc(OC2CC2)cc1. The maximum absolute atomic E-state index is 6.21. The number of aromatic nitrogens is 1. The van der Waals surface area contributed by atoms with E-state index < -0.39 is 0 Å². The molecule has 1 heterocycles. The van der Waals surface area contributed by atoms with Gasteiger partial charge in [-0.2, -0.15) is 0 Å². The Bertz CT molecular complexity index is 520. The van der Waals surface area contributed by atoms with Crippen LogP contribution in [0, 0.1) is 0 Å². The minimum Gasteiger partial charge on any atom is -0.490 e. The first-order valence-corrected chi connectivity index (χ1v) is 6.73. The summed E-state index contributed by atoms with van der Waals surface area (Å²) in [5, 5.41) is 0. The normalized spacial score (nSPS) is 16.1. The van der Waals surface area contributed by atoms with Crippen molar-refractivity contribution in [2.24, 2.45) is 5.73 Å². The van der Waals surface area contributed by atoms with Gasteiger partial charge in [-0.3, -0.25) is 4.98 Å². The molecule has 0 spiro atoms. The van der Waals surface area contributed by atoms with Gasteiger partial charge >= 0.3 is 0 Å². The number of rotatable bonds is 5. The van der Waals surface area contributed by atoms with E-state index in [9.17, 15) is 0 Å². The maximum atomic E-state index is 6.21. The number of nitrogens with two attached hydrogens (primary N) is 1. The standard InChI is InChI=1S/C16H18N2O/c17-16(11-13-3-1-2-10-18-13)12-4-6-14(7-5-12)19-15-8-9-15/h1-7,10,15-16H,8-9,11,17H2. The Balaban J connectivity index is 1.64. The molecule has 0 radical (unpaired) electrons. The van der Waals surface area contributed by atoms with Gasteiger partial charge in [-0.1, -0.05) is 18.2 Å². The fraction of sp³-hybridized carbons (Fsp3) is 0.312. The molecule has 0 aliphatic heterocycles. The van der Waals surface area contributed by atoms with E-state index in [-0.39, 0.29) is 6.04 Å². The van der Waals surface area contributed by atoms with E-state index in [1.54, 1.807) is 6.20 Å². The molecule has 98 valence electrons. The summed E-state index contributed by atoms with van der Waals surface area (Å²) in [5.41, 5.74) is 8.35. The smallest absolute Gasteiger partial charge is 0.119 e. The van der Waals surface area contributed by atoms with Crippen LogP contribution in [0.2, 0.25) is 0 Å². The van der Waals surface area contributed by atoms with Gasteiger partial charge in [-0.15, -0.1) is 0 Å². The summed E-state index contributed by atoms with van der Waals surface area (Å²) >= 11 is 0. The third-order valence-electron chi connectivity index (χ3n) is 3.29.